The molecular formula is C12H15F2N3O. The van der Waals surface area contributed by atoms with E-state index >= 15 is 0 Å². The van der Waals surface area contributed by atoms with Gasteiger partial charge in [0.1, 0.15) is 0 Å². The van der Waals surface area contributed by atoms with E-state index in [2.05, 4.69) is 10.6 Å². The molecule has 1 unspecified atom stereocenters. The van der Waals surface area contributed by atoms with Gasteiger partial charge in [-0.05, 0) is 24.6 Å². The molecule has 1 heterocycles. The van der Waals surface area contributed by atoms with Crippen molar-refractivity contribution in [3.05, 3.63) is 23.8 Å². The monoisotopic (exact) mass is 255 g/mol. The van der Waals surface area contributed by atoms with E-state index in [0.29, 0.717) is 24.3 Å². The lowest BCUT2D eigenvalue weighted by Gasteiger charge is -2.15. The van der Waals surface area contributed by atoms with Crippen LogP contribution in [0.25, 0.3) is 0 Å². The number of anilines is 2. The maximum absolute atomic E-state index is 12.8. The van der Waals surface area contributed by atoms with Crippen LogP contribution in [-0.4, -0.2) is 18.5 Å². The number of nitrogen functional groups attached to an aromatic ring is 1. The van der Waals surface area contributed by atoms with E-state index in [4.69, 9.17) is 5.73 Å². The number of carbonyl (C=O) groups is 1. The molecule has 2 rings (SSSR count). The van der Waals surface area contributed by atoms with Crippen LogP contribution in [0.3, 0.4) is 0 Å². The zero-order valence-corrected chi connectivity index (χ0v) is 9.75. The third kappa shape index (κ3) is 2.88. The Bertz CT molecular complexity index is 451. The van der Waals surface area contributed by atoms with E-state index in [1.807, 2.05) is 0 Å². The predicted octanol–water partition coefficient (Wildman–Crippen LogP) is 1.90. The first-order valence-corrected chi connectivity index (χ1v) is 5.77. The van der Waals surface area contributed by atoms with Crippen molar-refractivity contribution in [1.82, 2.24) is 5.32 Å². The lowest BCUT2D eigenvalue weighted by Crippen LogP contribution is -2.32. The van der Waals surface area contributed by atoms with Gasteiger partial charge in [0, 0.05) is 35.9 Å². The van der Waals surface area contributed by atoms with Crippen LogP contribution in [0.5, 0.6) is 0 Å². The Morgan fingerprint density at radius 3 is 2.89 bits per heavy atom. The van der Waals surface area contributed by atoms with Crippen molar-refractivity contribution in [3.8, 4) is 0 Å². The van der Waals surface area contributed by atoms with Crippen LogP contribution in [0.1, 0.15) is 24.8 Å². The molecule has 18 heavy (non-hydrogen) atoms. The highest BCUT2D eigenvalue weighted by Crippen LogP contribution is 2.29. The maximum atomic E-state index is 12.8. The number of benzene rings is 1. The topological polar surface area (TPSA) is 67.1 Å². The summed E-state index contributed by atoms with van der Waals surface area (Å²) in [5.41, 5.74) is 6.04. The van der Waals surface area contributed by atoms with Crippen molar-refractivity contribution in [2.45, 2.75) is 25.3 Å². The summed E-state index contributed by atoms with van der Waals surface area (Å²) in [5, 5.41) is 5.70. The third-order valence-corrected chi connectivity index (χ3v) is 2.93. The molecule has 1 saturated heterocycles. The molecule has 1 fully saturated rings. The van der Waals surface area contributed by atoms with E-state index in [0.717, 1.165) is 6.42 Å². The first-order valence-electron chi connectivity index (χ1n) is 5.77. The van der Waals surface area contributed by atoms with E-state index < -0.39 is 6.43 Å². The molecule has 1 atom stereocenters. The maximum Gasteiger partial charge on any atom is 0.265 e. The molecule has 0 aliphatic carbocycles. The first-order chi connectivity index (χ1) is 8.56. The third-order valence-electron chi connectivity index (χ3n) is 2.93. The van der Waals surface area contributed by atoms with Gasteiger partial charge in [0.2, 0.25) is 5.91 Å². The Balaban J connectivity index is 2.02. The van der Waals surface area contributed by atoms with E-state index in [1.165, 1.54) is 12.1 Å². The van der Waals surface area contributed by atoms with Gasteiger partial charge in [-0.2, -0.15) is 0 Å². The highest BCUT2D eigenvalue weighted by atomic mass is 19.3. The molecule has 6 heteroatoms. The first kappa shape index (κ1) is 12.6. The van der Waals surface area contributed by atoms with Gasteiger partial charge in [0.05, 0.1) is 0 Å². The van der Waals surface area contributed by atoms with Gasteiger partial charge in [-0.15, -0.1) is 0 Å². The number of rotatable bonds is 4. The van der Waals surface area contributed by atoms with Gasteiger partial charge < -0.3 is 16.4 Å². The molecule has 1 amide bonds. The second-order valence-corrected chi connectivity index (χ2v) is 4.33. The Labute approximate surface area is 104 Å². The number of amides is 1. The SMILES string of the molecule is Nc1ccc(NCC2CCC(=O)N2)c(C(F)F)c1. The predicted molar refractivity (Wildman–Crippen MR) is 65.5 cm³/mol. The molecule has 0 bridgehead atoms. The second kappa shape index (κ2) is 5.20. The van der Waals surface area contributed by atoms with Crippen LogP contribution in [0.4, 0.5) is 20.2 Å². The molecule has 0 spiro atoms. The molecular weight excluding hydrogens is 240 g/mol. The minimum atomic E-state index is -2.57. The molecule has 4 N–H and O–H groups in total. The van der Waals surface area contributed by atoms with Crippen molar-refractivity contribution in [2.75, 3.05) is 17.6 Å². The molecule has 4 nitrogen and oxygen atoms in total. The fourth-order valence-corrected chi connectivity index (χ4v) is 1.99. The average molecular weight is 255 g/mol. The number of carbonyl (C=O) groups excluding carboxylic acids is 1. The Hall–Kier alpha value is -1.85. The lowest BCUT2D eigenvalue weighted by molar-refractivity contribution is -0.119. The van der Waals surface area contributed by atoms with Crippen molar-refractivity contribution < 1.29 is 13.6 Å². The normalized spacial score (nSPS) is 19.1. The van der Waals surface area contributed by atoms with Crippen LogP contribution in [0.2, 0.25) is 0 Å². The highest BCUT2D eigenvalue weighted by Gasteiger charge is 2.21. The number of halogens is 2. The number of alkyl halides is 2. The number of nitrogens with two attached hydrogens (primary N) is 1. The number of hydrogen-bond donors (Lipinski definition) is 3. The van der Waals surface area contributed by atoms with E-state index in [9.17, 15) is 13.6 Å². The summed E-state index contributed by atoms with van der Waals surface area (Å²) in [5.74, 6) is 0.00758. The summed E-state index contributed by atoms with van der Waals surface area (Å²) in [4.78, 5) is 11.0. The standard InChI is InChI=1S/C12H15F2N3O/c13-12(14)9-5-7(15)1-3-10(9)16-6-8-2-4-11(18)17-8/h1,3,5,8,12,16H,2,4,6,15H2,(H,17,18). The summed E-state index contributed by atoms with van der Waals surface area (Å²) >= 11 is 0. The van der Waals surface area contributed by atoms with Gasteiger partial charge in [0.25, 0.3) is 6.43 Å². The zero-order valence-electron chi connectivity index (χ0n) is 9.75. The average Bonchev–Trinajstić information content (AvgIpc) is 2.73. The number of hydrogen-bond acceptors (Lipinski definition) is 3. The molecule has 0 radical (unpaired) electrons. The Morgan fingerprint density at radius 2 is 2.28 bits per heavy atom. The Morgan fingerprint density at radius 1 is 1.50 bits per heavy atom. The fourth-order valence-electron chi connectivity index (χ4n) is 1.99. The largest absolute Gasteiger partial charge is 0.399 e. The van der Waals surface area contributed by atoms with Gasteiger partial charge in [0.15, 0.2) is 0 Å². The molecule has 98 valence electrons. The van der Waals surface area contributed by atoms with Crippen molar-refractivity contribution in [2.24, 2.45) is 0 Å². The lowest BCUT2D eigenvalue weighted by atomic mass is 10.1. The van der Waals surface area contributed by atoms with E-state index in [1.54, 1.807) is 6.07 Å². The molecule has 0 aromatic heterocycles. The van der Waals surface area contributed by atoms with Crippen molar-refractivity contribution >= 4 is 17.3 Å². The Kier molecular flexibility index (Phi) is 3.64. The summed E-state index contributed by atoms with van der Waals surface area (Å²) in [6, 6.07) is 4.37. The van der Waals surface area contributed by atoms with Crippen LogP contribution in [0.15, 0.2) is 18.2 Å². The number of nitrogens with one attached hydrogen (secondary N) is 2. The molecule has 0 saturated carbocycles. The highest BCUT2D eigenvalue weighted by molar-refractivity contribution is 5.78. The fraction of sp³-hybridized carbons (Fsp3) is 0.417. The van der Waals surface area contributed by atoms with Gasteiger partial charge >= 0.3 is 0 Å². The van der Waals surface area contributed by atoms with Gasteiger partial charge in [-0.1, -0.05) is 0 Å². The molecule has 1 aliphatic heterocycles. The minimum absolute atomic E-state index is 0.000533. The van der Waals surface area contributed by atoms with Crippen LogP contribution in [-0.2, 0) is 4.79 Å². The quantitative estimate of drug-likeness (QED) is 0.720. The summed E-state index contributed by atoms with van der Waals surface area (Å²) < 4.78 is 25.6. The van der Waals surface area contributed by atoms with Crippen molar-refractivity contribution in [3.63, 3.8) is 0 Å². The smallest absolute Gasteiger partial charge is 0.265 e. The molecule has 1 aromatic carbocycles. The van der Waals surface area contributed by atoms with Crippen LogP contribution >= 0.6 is 0 Å². The molecule has 1 aliphatic rings. The zero-order chi connectivity index (χ0) is 13.1. The van der Waals surface area contributed by atoms with Gasteiger partial charge in [-0.3, -0.25) is 4.79 Å². The van der Waals surface area contributed by atoms with Crippen LogP contribution < -0.4 is 16.4 Å². The second-order valence-electron chi connectivity index (χ2n) is 4.33. The summed E-state index contributed by atoms with van der Waals surface area (Å²) in [7, 11) is 0. The van der Waals surface area contributed by atoms with Gasteiger partial charge in [-0.25, -0.2) is 8.78 Å². The summed E-state index contributed by atoms with van der Waals surface area (Å²) in [6.07, 6.45) is -1.35. The summed E-state index contributed by atoms with van der Waals surface area (Å²) in [6.45, 7) is 0.440. The van der Waals surface area contributed by atoms with Crippen LogP contribution in [0, 0.1) is 0 Å². The van der Waals surface area contributed by atoms with E-state index in [-0.39, 0.29) is 17.5 Å². The minimum Gasteiger partial charge on any atom is -0.399 e. The molecule has 1 aromatic rings. The van der Waals surface area contributed by atoms with Crippen molar-refractivity contribution in [1.29, 1.82) is 0 Å².